The van der Waals surface area contributed by atoms with E-state index in [-0.39, 0.29) is 6.04 Å². The number of hydrogen-bond acceptors (Lipinski definition) is 2. The van der Waals surface area contributed by atoms with Crippen LogP contribution in [0.1, 0.15) is 17.2 Å². The maximum Gasteiger partial charge on any atom is 0.0548 e. The van der Waals surface area contributed by atoms with Crippen LogP contribution in [0.5, 0.6) is 0 Å². The van der Waals surface area contributed by atoms with Crippen molar-refractivity contribution in [3.8, 4) is 0 Å². The SMILES string of the molecule is CNC(Cc1ccncc1)c1ccc(Cl)c(Br)c1. The molecule has 1 atom stereocenters. The van der Waals surface area contributed by atoms with E-state index < -0.39 is 0 Å². The number of pyridine rings is 1. The minimum absolute atomic E-state index is 0.265. The van der Waals surface area contributed by atoms with Gasteiger partial charge in [-0.2, -0.15) is 0 Å². The fraction of sp³-hybridized carbons (Fsp3) is 0.214. The standard InChI is InChI=1S/C14H14BrClN2/c1-17-14(8-10-4-6-18-7-5-10)11-2-3-13(16)12(15)9-11/h2-7,9,14,17H,8H2,1H3. The Bertz CT molecular complexity index is 516. The highest BCUT2D eigenvalue weighted by atomic mass is 79.9. The Kier molecular flexibility index (Phi) is 4.75. The molecule has 0 spiro atoms. The Hall–Kier alpha value is -0.900. The zero-order chi connectivity index (χ0) is 13.0. The molecule has 0 fully saturated rings. The molecule has 1 aromatic heterocycles. The van der Waals surface area contributed by atoms with E-state index in [1.54, 1.807) is 0 Å². The van der Waals surface area contributed by atoms with E-state index >= 15 is 0 Å². The van der Waals surface area contributed by atoms with Gasteiger partial charge in [-0.05, 0) is 64.8 Å². The van der Waals surface area contributed by atoms with Crippen LogP contribution in [0.3, 0.4) is 0 Å². The van der Waals surface area contributed by atoms with Gasteiger partial charge >= 0.3 is 0 Å². The van der Waals surface area contributed by atoms with Crippen molar-refractivity contribution in [1.82, 2.24) is 10.3 Å². The number of rotatable bonds is 4. The summed E-state index contributed by atoms with van der Waals surface area (Å²) in [5.41, 5.74) is 2.47. The van der Waals surface area contributed by atoms with Gasteiger partial charge in [0.05, 0.1) is 5.02 Å². The molecule has 0 aliphatic carbocycles. The molecule has 1 heterocycles. The van der Waals surface area contributed by atoms with E-state index in [0.717, 1.165) is 15.9 Å². The summed E-state index contributed by atoms with van der Waals surface area (Å²) in [5, 5.41) is 4.06. The largest absolute Gasteiger partial charge is 0.313 e. The number of nitrogens with one attached hydrogen (secondary N) is 1. The minimum Gasteiger partial charge on any atom is -0.313 e. The van der Waals surface area contributed by atoms with Crippen molar-refractivity contribution in [1.29, 1.82) is 0 Å². The van der Waals surface area contributed by atoms with E-state index in [0.29, 0.717) is 0 Å². The summed E-state index contributed by atoms with van der Waals surface area (Å²) in [4.78, 5) is 4.03. The average Bonchev–Trinajstić information content (AvgIpc) is 2.40. The Morgan fingerprint density at radius 2 is 2.00 bits per heavy atom. The molecule has 0 saturated heterocycles. The first-order valence-electron chi connectivity index (χ1n) is 5.72. The van der Waals surface area contributed by atoms with Crippen LogP contribution in [0.2, 0.25) is 5.02 Å². The number of likely N-dealkylation sites (N-methyl/N-ethyl adjacent to an activating group) is 1. The summed E-state index contributed by atoms with van der Waals surface area (Å²) in [5.74, 6) is 0. The maximum absolute atomic E-state index is 6.01. The lowest BCUT2D eigenvalue weighted by atomic mass is 10.00. The monoisotopic (exact) mass is 324 g/mol. The van der Waals surface area contributed by atoms with E-state index in [1.165, 1.54) is 11.1 Å². The number of benzene rings is 1. The van der Waals surface area contributed by atoms with Crippen LogP contribution >= 0.6 is 27.5 Å². The van der Waals surface area contributed by atoms with Crippen molar-refractivity contribution < 1.29 is 0 Å². The third kappa shape index (κ3) is 3.31. The Labute approximate surface area is 121 Å². The first-order chi connectivity index (χ1) is 8.70. The second-order valence-electron chi connectivity index (χ2n) is 4.07. The van der Waals surface area contributed by atoms with Gasteiger partial charge in [0.15, 0.2) is 0 Å². The van der Waals surface area contributed by atoms with Gasteiger partial charge in [0.25, 0.3) is 0 Å². The lowest BCUT2D eigenvalue weighted by Crippen LogP contribution is -2.18. The molecule has 2 rings (SSSR count). The Balaban J connectivity index is 2.20. The summed E-state index contributed by atoms with van der Waals surface area (Å²) in [6, 6.07) is 10.4. The first kappa shape index (κ1) is 13.5. The molecule has 0 bridgehead atoms. The summed E-state index contributed by atoms with van der Waals surface area (Å²) in [6.45, 7) is 0. The van der Waals surface area contributed by atoms with Crippen molar-refractivity contribution in [2.45, 2.75) is 12.5 Å². The normalized spacial score (nSPS) is 12.4. The lowest BCUT2D eigenvalue weighted by molar-refractivity contribution is 0.591. The van der Waals surface area contributed by atoms with Crippen LogP contribution in [-0.4, -0.2) is 12.0 Å². The minimum atomic E-state index is 0.265. The molecule has 0 aliphatic rings. The van der Waals surface area contributed by atoms with Gasteiger partial charge in [0.1, 0.15) is 0 Å². The Morgan fingerprint density at radius 3 is 2.61 bits per heavy atom. The van der Waals surface area contributed by atoms with Crippen LogP contribution in [0.4, 0.5) is 0 Å². The van der Waals surface area contributed by atoms with Crippen LogP contribution in [0.25, 0.3) is 0 Å². The van der Waals surface area contributed by atoms with E-state index in [4.69, 9.17) is 11.6 Å². The highest BCUT2D eigenvalue weighted by molar-refractivity contribution is 9.10. The molecule has 2 nitrogen and oxygen atoms in total. The average molecular weight is 326 g/mol. The molecule has 1 N–H and O–H groups in total. The molecule has 18 heavy (non-hydrogen) atoms. The Morgan fingerprint density at radius 1 is 1.28 bits per heavy atom. The smallest absolute Gasteiger partial charge is 0.0548 e. The van der Waals surface area contributed by atoms with Crippen LogP contribution in [-0.2, 0) is 6.42 Å². The quantitative estimate of drug-likeness (QED) is 0.919. The highest BCUT2D eigenvalue weighted by Crippen LogP contribution is 2.27. The van der Waals surface area contributed by atoms with Crippen molar-refractivity contribution >= 4 is 27.5 Å². The molecule has 94 valence electrons. The number of aromatic nitrogens is 1. The molecule has 0 radical (unpaired) electrons. The van der Waals surface area contributed by atoms with Crippen molar-refractivity contribution in [2.24, 2.45) is 0 Å². The molecule has 0 amide bonds. The second-order valence-corrected chi connectivity index (χ2v) is 5.34. The van der Waals surface area contributed by atoms with Gasteiger partial charge < -0.3 is 5.32 Å². The highest BCUT2D eigenvalue weighted by Gasteiger charge is 2.11. The predicted octanol–water partition coefficient (Wildman–Crippen LogP) is 4.00. The maximum atomic E-state index is 6.01. The second kappa shape index (κ2) is 6.32. The van der Waals surface area contributed by atoms with Crippen LogP contribution in [0.15, 0.2) is 47.2 Å². The summed E-state index contributed by atoms with van der Waals surface area (Å²) >= 11 is 9.47. The third-order valence-electron chi connectivity index (χ3n) is 2.88. The van der Waals surface area contributed by atoms with E-state index in [9.17, 15) is 0 Å². The summed E-state index contributed by atoms with van der Waals surface area (Å²) in [6.07, 6.45) is 4.56. The van der Waals surface area contributed by atoms with Crippen molar-refractivity contribution in [3.05, 3.63) is 63.3 Å². The van der Waals surface area contributed by atoms with Gasteiger partial charge in [-0.3, -0.25) is 4.98 Å². The molecular weight excluding hydrogens is 312 g/mol. The van der Waals surface area contributed by atoms with Gasteiger partial charge in [-0.15, -0.1) is 0 Å². The van der Waals surface area contributed by atoms with Gasteiger partial charge in [0, 0.05) is 22.9 Å². The fourth-order valence-electron chi connectivity index (χ4n) is 1.87. The number of nitrogens with zero attached hydrogens (tertiary/aromatic N) is 1. The molecular formula is C14H14BrClN2. The first-order valence-corrected chi connectivity index (χ1v) is 6.89. The van der Waals surface area contributed by atoms with E-state index in [2.05, 4.69) is 38.4 Å². The van der Waals surface area contributed by atoms with Gasteiger partial charge in [0.2, 0.25) is 0 Å². The molecule has 1 unspecified atom stereocenters. The molecule has 1 aromatic carbocycles. The topological polar surface area (TPSA) is 24.9 Å². The van der Waals surface area contributed by atoms with Crippen molar-refractivity contribution in [2.75, 3.05) is 7.05 Å². The summed E-state index contributed by atoms with van der Waals surface area (Å²) < 4.78 is 0.927. The molecule has 4 heteroatoms. The zero-order valence-corrected chi connectivity index (χ0v) is 12.4. The number of halogens is 2. The molecule has 0 saturated carbocycles. The van der Waals surface area contributed by atoms with Gasteiger partial charge in [-0.1, -0.05) is 17.7 Å². The fourth-order valence-corrected chi connectivity index (χ4v) is 2.38. The van der Waals surface area contributed by atoms with Crippen molar-refractivity contribution in [3.63, 3.8) is 0 Å². The molecule has 2 aromatic rings. The van der Waals surface area contributed by atoms with Gasteiger partial charge in [-0.25, -0.2) is 0 Å². The lowest BCUT2D eigenvalue weighted by Gasteiger charge is -2.17. The summed E-state index contributed by atoms with van der Waals surface area (Å²) in [7, 11) is 1.97. The van der Waals surface area contributed by atoms with Crippen LogP contribution in [0, 0.1) is 0 Å². The third-order valence-corrected chi connectivity index (χ3v) is 4.10. The number of hydrogen-bond donors (Lipinski definition) is 1. The molecule has 0 aliphatic heterocycles. The van der Waals surface area contributed by atoms with Crippen LogP contribution < -0.4 is 5.32 Å². The predicted molar refractivity (Wildman–Crippen MR) is 78.9 cm³/mol. The zero-order valence-electron chi connectivity index (χ0n) is 10.0. The van der Waals surface area contributed by atoms with E-state index in [1.807, 2.05) is 37.6 Å².